The maximum absolute atomic E-state index is 11.3. The van der Waals surface area contributed by atoms with Gasteiger partial charge in [-0.1, -0.05) is 38.1 Å². The molecule has 122 valence electrons. The van der Waals surface area contributed by atoms with Gasteiger partial charge in [0.1, 0.15) is 11.0 Å². The van der Waals surface area contributed by atoms with Crippen molar-refractivity contribution in [2.24, 2.45) is 0 Å². The van der Waals surface area contributed by atoms with Crippen LogP contribution in [0.5, 0.6) is 0 Å². The van der Waals surface area contributed by atoms with E-state index in [4.69, 9.17) is 4.98 Å². The molecule has 2 heterocycles. The van der Waals surface area contributed by atoms with Crippen molar-refractivity contribution in [2.45, 2.75) is 45.2 Å². The maximum atomic E-state index is 11.3. The predicted octanol–water partition coefficient (Wildman–Crippen LogP) is 3.98. The average molecular weight is 330 g/mol. The van der Waals surface area contributed by atoms with Gasteiger partial charge in [0, 0.05) is 17.5 Å². The van der Waals surface area contributed by atoms with E-state index in [2.05, 4.69) is 38.1 Å². The molecule has 2 aromatic rings. The van der Waals surface area contributed by atoms with E-state index in [-0.39, 0.29) is 6.04 Å². The van der Waals surface area contributed by atoms with Gasteiger partial charge in [-0.2, -0.15) is 0 Å². The van der Waals surface area contributed by atoms with Crippen LogP contribution in [0.1, 0.15) is 43.9 Å². The van der Waals surface area contributed by atoms with Gasteiger partial charge in [-0.05, 0) is 30.9 Å². The summed E-state index contributed by atoms with van der Waals surface area (Å²) in [6.45, 7) is 5.83. The quantitative estimate of drug-likeness (QED) is 0.901. The summed E-state index contributed by atoms with van der Waals surface area (Å²) in [7, 11) is 0. The number of carboxylic acid groups (broad SMARTS) is 1. The van der Waals surface area contributed by atoms with Crippen LogP contribution in [-0.2, 0) is 11.3 Å². The molecular formula is C18H22N2O2S. The standard InChI is InChI=1S/C18H22N2O2S/c1-12(2)13-5-7-14(8-6-13)17-19-15(11-23-17)10-20-9-3-4-16(20)18(21)22/h5-8,11-12,16H,3-4,9-10H2,1-2H3,(H,21,22)/t16-/m0/s1. The van der Waals surface area contributed by atoms with Gasteiger partial charge in [0.2, 0.25) is 0 Å². The van der Waals surface area contributed by atoms with Crippen LogP contribution in [0.3, 0.4) is 0 Å². The minimum absolute atomic E-state index is 0.356. The molecule has 1 aromatic carbocycles. The molecule has 5 heteroatoms. The number of hydrogen-bond donors (Lipinski definition) is 1. The third-order valence-corrected chi connectivity index (χ3v) is 5.33. The maximum Gasteiger partial charge on any atom is 0.320 e. The Bertz CT molecular complexity index is 679. The van der Waals surface area contributed by atoms with Gasteiger partial charge in [0.05, 0.1) is 5.69 Å². The molecule has 3 rings (SSSR count). The molecule has 0 radical (unpaired) electrons. The topological polar surface area (TPSA) is 53.4 Å². The number of nitrogens with zero attached hydrogens (tertiary/aromatic N) is 2. The third-order valence-electron chi connectivity index (χ3n) is 4.39. The largest absolute Gasteiger partial charge is 0.480 e. The Balaban J connectivity index is 1.71. The van der Waals surface area contributed by atoms with Crippen LogP contribution in [0.2, 0.25) is 0 Å². The first-order valence-electron chi connectivity index (χ1n) is 8.06. The molecule has 1 aliphatic heterocycles. The van der Waals surface area contributed by atoms with E-state index in [9.17, 15) is 9.90 Å². The minimum atomic E-state index is -0.720. The molecule has 1 atom stereocenters. The second-order valence-electron chi connectivity index (χ2n) is 6.39. The highest BCUT2D eigenvalue weighted by Gasteiger charge is 2.30. The Morgan fingerprint density at radius 1 is 1.39 bits per heavy atom. The highest BCUT2D eigenvalue weighted by Crippen LogP contribution is 2.27. The van der Waals surface area contributed by atoms with E-state index in [1.54, 1.807) is 11.3 Å². The van der Waals surface area contributed by atoms with Crippen molar-refractivity contribution in [3.05, 3.63) is 40.9 Å². The second kappa shape index (κ2) is 6.81. The van der Waals surface area contributed by atoms with Gasteiger partial charge in [-0.3, -0.25) is 9.69 Å². The molecule has 0 bridgehead atoms. The fraction of sp³-hybridized carbons (Fsp3) is 0.444. The summed E-state index contributed by atoms with van der Waals surface area (Å²) < 4.78 is 0. The highest BCUT2D eigenvalue weighted by molar-refractivity contribution is 7.13. The number of carbonyl (C=O) groups is 1. The SMILES string of the molecule is CC(C)c1ccc(-c2nc(CN3CCC[C@H]3C(=O)O)cs2)cc1. The van der Waals surface area contributed by atoms with E-state index < -0.39 is 5.97 Å². The Morgan fingerprint density at radius 2 is 2.13 bits per heavy atom. The number of carboxylic acids is 1. The lowest BCUT2D eigenvalue weighted by Gasteiger charge is -2.19. The first-order valence-corrected chi connectivity index (χ1v) is 8.94. The number of thiazole rings is 1. The zero-order chi connectivity index (χ0) is 16.4. The number of hydrogen-bond acceptors (Lipinski definition) is 4. The average Bonchev–Trinajstić information content (AvgIpc) is 3.17. The molecule has 1 N–H and O–H groups in total. The van der Waals surface area contributed by atoms with Crippen molar-refractivity contribution in [1.82, 2.24) is 9.88 Å². The van der Waals surface area contributed by atoms with Crippen LogP contribution in [0, 0.1) is 0 Å². The van der Waals surface area contributed by atoms with E-state index in [0.717, 1.165) is 35.7 Å². The zero-order valence-corrected chi connectivity index (χ0v) is 14.3. The summed E-state index contributed by atoms with van der Waals surface area (Å²) in [6, 6.07) is 8.19. The molecule has 1 saturated heterocycles. The van der Waals surface area contributed by atoms with Crippen LogP contribution < -0.4 is 0 Å². The Labute approximate surface area is 140 Å². The number of benzene rings is 1. The van der Waals surface area contributed by atoms with E-state index >= 15 is 0 Å². The van der Waals surface area contributed by atoms with Crippen LogP contribution in [0.25, 0.3) is 10.6 Å². The summed E-state index contributed by atoms with van der Waals surface area (Å²) in [5.74, 6) is -0.193. The van der Waals surface area contributed by atoms with E-state index in [1.165, 1.54) is 5.56 Å². The highest BCUT2D eigenvalue weighted by atomic mass is 32.1. The molecule has 0 amide bonds. The molecule has 23 heavy (non-hydrogen) atoms. The van der Waals surface area contributed by atoms with Crippen LogP contribution in [0.15, 0.2) is 29.6 Å². The van der Waals surface area contributed by atoms with Gasteiger partial charge < -0.3 is 5.11 Å². The van der Waals surface area contributed by atoms with Crippen molar-refractivity contribution in [3.63, 3.8) is 0 Å². The fourth-order valence-electron chi connectivity index (χ4n) is 3.03. The molecule has 0 saturated carbocycles. The molecule has 0 spiro atoms. The molecule has 1 aromatic heterocycles. The van der Waals surface area contributed by atoms with Crippen molar-refractivity contribution in [2.75, 3.05) is 6.54 Å². The summed E-state index contributed by atoms with van der Waals surface area (Å²) in [4.78, 5) is 18.0. The lowest BCUT2D eigenvalue weighted by molar-refractivity contribution is -0.142. The number of likely N-dealkylation sites (tertiary alicyclic amines) is 1. The van der Waals surface area contributed by atoms with Gasteiger partial charge >= 0.3 is 5.97 Å². The van der Waals surface area contributed by atoms with Gasteiger partial charge in [-0.15, -0.1) is 11.3 Å². The smallest absolute Gasteiger partial charge is 0.320 e. The van der Waals surface area contributed by atoms with Crippen LogP contribution in [0.4, 0.5) is 0 Å². The van der Waals surface area contributed by atoms with Crippen molar-refractivity contribution in [1.29, 1.82) is 0 Å². The summed E-state index contributed by atoms with van der Waals surface area (Å²) >= 11 is 1.62. The summed E-state index contributed by atoms with van der Waals surface area (Å²) in [5.41, 5.74) is 3.42. The molecule has 1 fully saturated rings. The number of rotatable bonds is 5. The molecule has 1 aliphatic rings. The number of aromatic nitrogens is 1. The molecular weight excluding hydrogens is 308 g/mol. The first kappa shape index (κ1) is 16.1. The molecule has 0 unspecified atom stereocenters. The lowest BCUT2D eigenvalue weighted by Crippen LogP contribution is -2.35. The Morgan fingerprint density at radius 3 is 2.78 bits per heavy atom. The van der Waals surface area contributed by atoms with Crippen molar-refractivity contribution in [3.8, 4) is 10.6 Å². The third kappa shape index (κ3) is 3.62. The monoisotopic (exact) mass is 330 g/mol. The predicted molar refractivity (Wildman–Crippen MR) is 92.7 cm³/mol. The van der Waals surface area contributed by atoms with E-state index in [1.807, 2.05) is 10.3 Å². The van der Waals surface area contributed by atoms with Crippen LogP contribution in [-0.4, -0.2) is 33.5 Å². The zero-order valence-electron chi connectivity index (χ0n) is 13.5. The normalized spacial score (nSPS) is 18.7. The lowest BCUT2D eigenvalue weighted by atomic mass is 10.0. The Hall–Kier alpha value is -1.72. The van der Waals surface area contributed by atoms with Crippen LogP contribution >= 0.6 is 11.3 Å². The molecule has 0 aliphatic carbocycles. The van der Waals surface area contributed by atoms with E-state index in [0.29, 0.717) is 12.5 Å². The fourth-order valence-corrected chi connectivity index (χ4v) is 3.84. The van der Waals surface area contributed by atoms with Gasteiger partial charge in [0.15, 0.2) is 0 Å². The Kier molecular flexibility index (Phi) is 4.78. The second-order valence-corrected chi connectivity index (χ2v) is 7.25. The van der Waals surface area contributed by atoms with Gasteiger partial charge in [0.25, 0.3) is 0 Å². The summed E-state index contributed by atoms with van der Waals surface area (Å²) in [5, 5.41) is 12.3. The van der Waals surface area contributed by atoms with Crippen molar-refractivity contribution >= 4 is 17.3 Å². The first-order chi connectivity index (χ1) is 11.0. The number of aliphatic carboxylic acids is 1. The minimum Gasteiger partial charge on any atom is -0.480 e. The van der Waals surface area contributed by atoms with Crippen molar-refractivity contribution < 1.29 is 9.90 Å². The molecule has 4 nitrogen and oxygen atoms in total. The van der Waals surface area contributed by atoms with Gasteiger partial charge in [-0.25, -0.2) is 4.98 Å². The summed E-state index contributed by atoms with van der Waals surface area (Å²) in [6.07, 6.45) is 1.69.